The van der Waals surface area contributed by atoms with E-state index >= 15 is 0 Å². The van der Waals surface area contributed by atoms with Crippen LogP contribution in [0.15, 0.2) is 23.2 Å². The van der Waals surface area contributed by atoms with Crippen LogP contribution in [0.2, 0.25) is 0 Å². The molecule has 108 valence electrons. The van der Waals surface area contributed by atoms with Gasteiger partial charge in [-0.25, -0.2) is 18.1 Å². The van der Waals surface area contributed by atoms with E-state index in [1.807, 2.05) is 6.26 Å². The highest BCUT2D eigenvalue weighted by molar-refractivity contribution is 8.00. The number of pyridine rings is 1. The van der Waals surface area contributed by atoms with E-state index in [1.165, 1.54) is 18.3 Å². The lowest BCUT2D eigenvalue weighted by molar-refractivity contribution is 0.522. The van der Waals surface area contributed by atoms with Crippen molar-refractivity contribution in [3.63, 3.8) is 0 Å². The van der Waals surface area contributed by atoms with Gasteiger partial charge in [-0.1, -0.05) is 13.8 Å². The zero-order chi connectivity index (χ0) is 14.5. The third-order valence-electron chi connectivity index (χ3n) is 3.37. The summed E-state index contributed by atoms with van der Waals surface area (Å²) in [5, 5.41) is 0. The van der Waals surface area contributed by atoms with Crippen LogP contribution >= 0.6 is 11.8 Å². The Balaban J connectivity index is 2.87. The summed E-state index contributed by atoms with van der Waals surface area (Å²) in [5.41, 5.74) is 5.51. The van der Waals surface area contributed by atoms with Gasteiger partial charge in [0.15, 0.2) is 0 Å². The van der Waals surface area contributed by atoms with Gasteiger partial charge in [0, 0.05) is 23.6 Å². The maximum atomic E-state index is 12.2. The normalized spacial score (nSPS) is 12.6. The van der Waals surface area contributed by atoms with Crippen LogP contribution in [0.5, 0.6) is 0 Å². The summed E-state index contributed by atoms with van der Waals surface area (Å²) in [6, 6.07) is 2.80. The molecule has 5 nitrogen and oxygen atoms in total. The van der Waals surface area contributed by atoms with Crippen LogP contribution in [0.25, 0.3) is 0 Å². The first kappa shape index (κ1) is 16.3. The zero-order valence-electron chi connectivity index (χ0n) is 11.5. The molecule has 1 aromatic heterocycles. The molecule has 0 saturated carbocycles. The average Bonchev–Trinajstić information content (AvgIpc) is 2.41. The predicted octanol–water partition coefficient (Wildman–Crippen LogP) is 1.86. The van der Waals surface area contributed by atoms with Gasteiger partial charge in [-0.3, -0.25) is 0 Å². The molecule has 0 saturated heterocycles. The van der Waals surface area contributed by atoms with E-state index in [0.29, 0.717) is 6.54 Å². The molecule has 1 heterocycles. The molecule has 1 rings (SSSR count). The van der Waals surface area contributed by atoms with Crippen LogP contribution in [0.1, 0.15) is 26.7 Å². The molecule has 1 aromatic rings. The van der Waals surface area contributed by atoms with Crippen molar-refractivity contribution < 1.29 is 8.42 Å². The Morgan fingerprint density at radius 1 is 1.42 bits per heavy atom. The Bertz CT molecular complexity index is 505. The standard InChI is InChI=1S/C12H21N3O2S2/c1-4-12(5-2,18-3)9-15-19(16,17)10-6-7-14-11(13)8-10/h6-8,15H,4-5,9H2,1-3H3,(H2,13,14). The molecule has 19 heavy (non-hydrogen) atoms. The Morgan fingerprint density at radius 2 is 2.05 bits per heavy atom. The van der Waals surface area contributed by atoms with Crippen LogP contribution in [-0.2, 0) is 10.0 Å². The molecule has 0 aromatic carbocycles. The minimum Gasteiger partial charge on any atom is -0.384 e. The quantitative estimate of drug-likeness (QED) is 0.803. The van der Waals surface area contributed by atoms with E-state index in [-0.39, 0.29) is 15.5 Å². The van der Waals surface area contributed by atoms with E-state index in [0.717, 1.165) is 12.8 Å². The van der Waals surface area contributed by atoms with Gasteiger partial charge in [0.1, 0.15) is 5.82 Å². The van der Waals surface area contributed by atoms with Crippen molar-refractivity contribution in [1.29, 1.82) is 0 Å². The second-order valence-electron chi connectivity index (χ2n) is 4.34. The number of thioether (sulfide) groups is 1. The van der Waals surface area contributed by atoms with Crippen LogP contribution in [0.4, 0.5) is 5.82 Å². The number of nitrogen functional groups attached to an aromatic ring is 1. The molecule has 0 aliphatic carbocycles. The van der Waals surface area contributed by atoms with Crippen molar-refractivity contribution in [3.8, 4) is 0 Å². The number of sulfonamides is 1. The third kappa shape index (κ3) is 4.09. The monoisotopic (exact) mass is 303 g/mol. The second kappa shape index (κ2) is 6.58. The highest BCUT2D eigenvalue weighted by Crippen LogP contribution is 2.30. The fourth-order valence-electron chi connectivity index (χ4n) is 1.77. The van der Waals surface area contributed by atoms with Gasteiger partial charge in [-0.2, -0.15) is 11.8 Å². The summed E-state index contributed by atoms with van der Waals surface area (Å²) < 4.78 is 27.0. The molecular weight excluding hydrogens is 282 g/mol. The second-order valence-corrected chi connectivity index (χ2v) is 7.38. The average molecular weight is 303 g/mol. The number of nitrogens with zero attached hydrogens (tertiary/aromatic N) is 1. The molecule has 0 fully saturated rings. The molecule has 0 radical (unpaired) electrons. The van der Waals surface area contributed by atoms with Crippen LogP contribution in [0.3, 0.4) is 0 Å². The smallest absolute Gasteiger partial charge is 0.240 e. The van der Waals surface area contributed by atoms with Gasteiger partial charge in [-0.15, -0.1) is 0 Å². The number of hydrogen-bond donors (Lipinski definition) is 2. The van der Waals surface area contributed by atoms with Crippen molar-refractivity contribution in [1.82, 2.24) is 9.71 Å². The van der Waals surface area contributed by atoms with Crippen LogP contribution < -0.4 is 10.5 Å². The van der Waals surface area contributed by atoms with E-state index in [4.69, 9.17) is 5.73 Å². The van der Waals surface area contributed by atoms with Gasteiger partial charge < -0.3 is 5.73 Å². The fraction of sp³-hybridized carbons (Fsp3) is 0.583. The number of nitrogens with two attached hydrogens (primary N) is 1. The first-order chi connectivity index (χ1) is 8.89. The fourth-order valence-corrected chi connectivity index (χ4v) is 3.80. The van der Waals surface area contributed by atoms with Gasteiger partial charge in [0.2, 0.25) is 10.0 Å². The lowest BCUT2D eigenvalue weighted by atomic mass is 10.0. The molecule has 0 aliphatic heterocycles. The Morgan fingerprint density at radius 3 is 2.53 bits per heavy atom. The Labute approximate surface area is 119 Å². The number of hydrogen-bond acceptors (Lipinski definition) is 5. The summed E-state index contributed by atoms with van der Waals surface area (Å²) in [6.07, 6.45) is 5.22. The molecule has 0 amide bonds. The van der Waals surface area contributed by atoms with Crippen molar-refractivity contribution in [2.45, 2.75) is 36.3 Å². The van der Waals surface area contributed by atoms with Crippen molar-refractivity contribution in [3.05, 3.63) is 18.3 Å². The summed E-state index contributed by atoms with van der Waals surface area (Å²) in [4.78, 5) is 3.95. The Hall–Kier alpha value is -0.790. The molecule has 0 aliphatic rings. The minimum absolute atomic E-state index is 0.0638. The summed E-state index contributed by atoms with van der Waals surface area (Å²) in [5.74, 6) is 0.199. The lowest BCUT2D eigenvalue weighted by Gasteiger charge is -2.29. The number of nitrogens with one attached hydrogen (secondary N) is 1. The number of aromatic nitrogens is 1. The van der Waals surface area contributed by atoms with Gasteiger partial charge in [0.25, 0.3) is 0 Å². The molecule has 3 N–H and O–H groups in total. The summed E-state index contributed by atoms with van der Waals surface area (Å²) in [6.45, 7) is 4.54. The predicted molar refractivity (Wildman–Crippen MR) is 80.7 cm³/mol. The topological polar surface area (TPSA) is 85.1 Å². The van der Waals surface area contributed by atoms with Crippen LogP contribution in [-0.4, -0.2) is 30.9 Å². The van der Waals surface area contributed by atoms with Crippen molar-refractivity contribution >= 4 is 27.6 Å². The highest BCUT2D eigenvalue weighted by atomic mass is 32.2. The number of anilines is 1. The minimum atomic E-state index is -3.53. The largest absolute Gasteiger partial charge is 0.384 e. The SMILES string of the molecule is CCC(CC)(CNS(=O)(=O)c1ccnc(N)c1)SC. The molecular formula is C12H21N3O2S2. The Kier molecular flexibility index (Phi) is 5.64. The van der Waals surface area contributed by atoms with E-state index in [9.17, 15) is 8.42 Å². The number of rotatable bonds is 7. The van der Waals surface area contributed by atoms with E-state index in [1.54, 1.807) is 11.8 Å². The molecule has 7 heteroatoms. The maximum Gasteiger partial charge on any atom is 0.240 e. The summed E-state index contributed by atoms with van der Waals surface area (Å²) >= 11 is 1.69. The lowest BCUT2D eigenvalue weighted by Crippen LogP contribution is -2.39. The van der Waals surface area contributed by atoms with Gasteiger partial charge in [-0.05, 0) is 25.2 Å². The van der Waals surface area contributed by atoms with E-state index in [2.05, 4.69) is 23.6 Å². The van der Waals surface area contributed by atoms with Gasteiger partial charge in [0.05, 0.1) is 4.90 Å². The first-order valence-electron chi connectivity index (χ1n) is 6.15. The molecule has 0 unspecified atom stereocenters. The van der Waals surface area contributed by atoms with Gasteiger partial charge >= 0.3 is 0 Å². The van der Waals surface area contributed by atoms with E-state index < -0.39 is 10.0 Å². The molecule has 0 spiro atoms. The third-order valence-corrected chi connectivity index (χ3v) is 6.36. The zero-order valence-corrected chi connectivity index (χ0v) is 13.1. The van der Waals surface area contributed by atoms with Crippen molar-refractivity contribution in [2.24, 2.45) is 0 Å². The van der Waals surface area contributed by atoms with Crippen LogP contribution in [0, 0.1) is 0 Å². The summed E-state index contributed by atoms with van der Waals surface area (Å²) in [7, 11) is -3.53. The molecule has 0 atom stereocenters. The first-order valence-corrected chi connectivity index (χ1v) is 8.86. The molecule has 0 bridgehead atoms. The highest BCUT2D eigenvalue weighted by Gasteiger charge is 2.27. The van der Waals surface area contributed by atoms with Crippen molar-refractivity contribution in [2.75, 3.05) is 18.5 Å². The maximum absolute atomic E-state index is 12.2.